The Kier molecular flexibility index (Phi) is 4.65. The Morgan fingerprint density at radius 2 is 1.85 bits per heavy atom. The van der Waals surface area contributed by atoms with Gasteiger partial charge in [0, 0.05) is 57.4 Å². The van der Waals surface area contributed by atoms with E-state index in [1.807, 2.05) is 0 Å². The summed E-state index contributed by atoms with van der Waals surface area (Å²) in [4.78, 5) is 7.79. The number of rotatable bonds is 2. The van der Waals surface area contributed by atoms with Crippen molar-refractivity contribution in [2.45, 2.75) is 43.7 Å². The van der Waals surface area contributed by atoms with E-state index in [0.29, 0.717) is 11.6 Å². The van der Waals surface area contributed by atoms with E-state index in [1.165, 1.54) is 77.9 Å². The van der Waals surface area contributed by atoms with Gasteiger partial charge in [0.1, 0.15) is 0 Å². The van der Waals surface area contributed by atoms with Gasteiger partial charge in [-0.25, -0.2) is 0 Å². The van der Waals surface area contributed by atoms with E-state index in [0.717, 1.165) is 0 Å². The topological polar surface area (TPSA) is 21.8 Å². The highest BCUT2D eigenvalue weighted by Gasteiger charge is 2.37. The molecule has 0 amide bonds. The van der Waals surface area contributed by atoms with Crippen molar-refractivity contribution in [1.29, 1.82) is 0 Å². The van der Waals surface area contributed by atoms with Crippen LogP contribution >= 0.6 is 0 Å². The van der Waals surface area contributed by atoms with E-state index < -0.39 is 0 Å². The molecule has 1 atom stereocenters. The van der Waals surface area contributed by atoms with Crippen LogP contribution in [-0.4, -0.2) is 86.2 Å². The molecule has 1 saturated carbocycles. The Bertz CT molecular complexity index is 308. The van der Waals surface area contributed by atoms with Crippen LogP contribution in [0.1, 0.15) is 32.1 Å². The van der Waals surface area contributed by atoms with Gasteiger partial charge in [-0.3, -0.25) is 9.80 Å². The van der Waals surface area contributed by atoms with Crippen molar-refractivity contribution >= 4 is 0 Å². The lowest BCUT2D eigenvalue weighted by atomic mass is 9.80. The van der Waals surface area contributed by atoms with Crippen molar-refractivity contribution in [3.63, 3.8) is 0 Å². The molecule has 0 aromatic carbocycles. The third kappa shape index (κ3) is 3.35. The lowest BCUT2D eigenvalue weighted by Crippen LogP contribution is -2.63. The smallest absolute Gasteiger partial charge is 0.0347 e. The molecule has 0 bridgehead atoms. The molecule has 4 heteroatoms. The fourth-order valence-corrected chi connectivity index (χ4v) is 4.36. The molecule has 1 spiro atoms. The lowest BCUT2D eigenvalue weighted by Gasteiger charge is -2.48. The summed E-state index contributed by atoms with van der Waals surface area (Å²) in [5, 5.41) is 3.86. The van der Waals surface area contributed by atoms with E-state index in [-0.39, 0.29) is 0 Å². The van der Waals surface area contributed by atoms with Crippen molar-refractivity contribution in [3.8, 4) is 0 Å². The number of likely N-dealkylation sites (N-methyl/N-ethyl adjacent to an activating group) is 2. The monoisotopic (exact) mass is 280 g/mol. The van der Waals surface area contributed by atoms with Crippen LogP contribution in [0.15, 0.2) is 0 Å². The average Bonchev–Trinajstić information content (AvgIpc) is 2.44. The maximum atomic E-state index is 3.86. The molecule has 3 aliphatic rings. The first kappa shape index (κ1) is 14.8. The summed E-state index contributed by atoms with van der Waals surface area (Å²) in [7, 11) is 4.57. The minimum absolute atomic E-state index is 0.454. The fraction of sp³-hybridized carbons (Fsp3) is 1.00. The highest BCUT2D eigenvalue weighted by Crippen LogP contribution is 2.30. The van der Waals surface area contributed by atoms with Gasteiger partial charge in [0.15, 0.2) is 0 Å². The van der Waals surface area contributed by atoms with Crippen molar-refractivity contribution < 1.29 is 0 Å². The fourth-order valence-electron chi connectivity index (χ4n) is 4.36. The van der Waals surface area contributed by atoms with Gasteiger partial charge >= 0.3 is 0 Å². The van der Waals surface area contributed by atoms with Crippen LogP contribution in [0.3, 0.4) is 0 Å². The molecular weight excluding hydrogens is 248 g/mol. The number of hydrogen-bond donors (Lipinski definition) is 1. The Morgan fingerprint density at radius 3 is 2.65 bits per heavy atom. The van der Waals surface area contributed by atoms with Gasteiger partial charge in [-0.2, -0.15) is 0 Å². The van der Waals surface area contributed by atoms with Gasteiger partial charge < -0.3 is 10.2 Å². The van der Waals surface area contributed by atoms with Gasteiger partial charge in [0.2, 0.25) is 0 Å². The molecule has 0 aromatic heterocycles. The summed E-state index contributed by atoms with van der Waals surface area (Å²) in [5.74, 6) is 0. The minimum Gasteiger partial charge on any atom is -0.309 e. The van der Waals surface area contributed by atoms with Gasteiger partial charge in [-0.1, -0.05) is 19.3 Å². The van der Waals surface area contributed by atoms with Crippen LogP contribution in [0.5, 0.6) is 0 Å². The van der Waals surface area contributed by atoms with Gasteiger partial charge in [0.25, 0.3) is 0 Å². The van der Waals surface area contributed by atoms with Crippen LogP contribution in [0, 0.1) is 0 Å². The third-order valence-corrected chi connectivity index (χ3v) is 5.71. The zero-order valence-electron chi connectivity index (χ0n) is 13.4. The van der Waals surface area contributed by atoms with Crippen LogP contribution in [-0.2, 0) is 0 Å². The van der Waals surface area contributed by atoms with Gasteiger partial charge in [-0.15, -0.1) is 0 Å². The van der Waals surface area contributed by atoms with Crippen LogP contribution in [0.25, 0.3) is 0 Å². The second kappa shape index (κ2) is 6.30. The number of hydrogen-bond acceptors (Lipinski definition) is 4. The molecule has 0 aromatic rings. The zero-order valence-corrected chi connectivity index (χ0v) is 13.4. The largest absolute Gasteiger partial charge is 0.309 e. The van der Waals surface area contributed by atoms with E-state index in [9.17, 15) is 0 Å². The SMILES string of the molecule is CN1CCN(C)C(CN2CCNC3(CCCCC3)C2)C1. The Labute approximate surface area is 124 Å². The van der Waals surface area contributed by atoms with Crippen LogP contribution in [0.2, 0.25) is 0 Å². The number of nitrogens with zero attached hydrogens (tertiary/aromatic N) is 3. The summed E-state index contributed by atoms with van der Waals surface area (Å²) in [6.07, 6.45) is 7.08. The molecule has 3 rings (SSSR count). The van der Waals surface area contributed by atoms with E-state index in [1.54, 1.807) is 0 Å². The molecule has 1 N–H and O–H groups in total. The predicted octanol–water partition coefficient (Wildman–Crippen LogP) is 0.840. The Morgan fingerprint density at radius 1 is 1.05 bits per heavy atom. The van der Waals surface area contributed by atoms with E-state index in [4.69, 9.17) is 0 Å². The second-order valence-electron chi connectivity index (χ2n) is 7.40. The summed E-state index contributed by atoms with van der Waals surface area (Å²) >= 11 is 0. The van der Waals surface area contributed by atoms with Crippen LogP contribution in [0.4, 0.5) is 0 Å². The van der Waals surface area contributed by atoms with Crippen molar-refractivity contribution in [1.82, 2.24) is 20.0 Å². The lowest BCUT2D eigenvalue weighted by molar-refractivity contribution is 0.0465. The summed E-state index contributed by atoms with van der Waals surface area (Å²) in [6.45, 7) is 8.62. The van der Waals surface area contributed by atoms with Gasteiger partial charge in [0.05, 0.1) is 0 Å². The van der Waals surface area contributed by atoms with E-state index in [2.05, 4.69) is 34.1 Å². The molecular formula is C16H32N4. The molecule has 4 nitrogen and oxygen atoms in total. The first-order chi connectivity index (χ1) is 9.67. The minimum atomic E-state index is 0.454. The highest BCUT2D eigenvalue weighted by molar-refractivity contribution is 4.97. The van der Waals surface area contributed by atoms with Crippen molar-refractivity contribution in [2.24, 2.45) is 0 Å². The summed E-state index contributed by atoms with van der Waals surface area (Å²) < 4.78 is 0. The molecule has 2 heterocycles. The summed E-state index contributed by atoms with van der Waals surface area (Å²) in [6, 6.07) is 0.715. The molecule has 0 radical (unpaired) electrons. The average molecular weight is 280 g/mol. The maximum absolute atomic E-state index is 3.86. The quantitative estimate of drug-likeness (QED) is 0.809. The molecule has 3 fully saturated rings. The molecule has 2 aliphatic heterocycles. The zero-order chi connectivity index (χ0) is 14.0. The first-order valence-corrected chi connectivity index (χ1v) is 8.53. The number of piperazine rings is 2. The van der Waals surface area contributed by atoms with Crippen molar-refractivity contribution in [3.05, 3.63) is 0 Å². The van der Waals surface area contributed by atoms with Crippen LogP contribution < -0.4 is 5.32 Å². The molecule has 1 aliphatic carbocycles. The molecule has 2 saturated heterocycles. The number of nitrogens with one attached hydrogen (secondary N) is 1. The maximum Gasteiger partial charge on any atom is 0.0347 e. The molecule has 20 heavy (non-hydrogen) atoms. The van der Waals surface area contributed by atoms with Gasteiger partial charge in [-0.05, 0) is 26.9 Å². The normalized spacial score (nSPS) is 33.6. The predicted molar refractivity (Wildman–Crippen MR) is 84.2 cm³/mol. The summed E-state index contributed by atoms with van der Waals surface area (Å²) in [5.41, 5.74) is 0.454. The highest BCUT2D eigenvalue weighted by atomic mass is 15.3. The molecule has 116 valence electrons. The molecule has 1 unspecified atom stereocenters. The standard InChI is InChI=1S/C16H32N4/c1-18-10-11-19(2)15(12-18)13-20-9-8-17-16(14-20)6-4-3-5-7-16/h15,17H,3-14H2,1-2H3. The Balaban J connectivity index is 1.56. The first-order valence-electron chi connectivity index (χ1n) is 8.53. The Hall–Kier alpha value is -0.160. The second-order valence-corrected chi connectivity index (χ2v) is 7.40. The van der Waals surface area contributed by atoms with Crippen molar-refractivity contribution in [2.75, 3.05) is 59.9 Å². The third-order valence-electron chi connectivity index (χ3n) is 5.71. The van der Waals surface area contributed by atoms with E-state index >= 15 is 0 Å².